The molecule has 2 nitrogen and oxygen atoms in total. The van der Waals surface area contributed by atoms with Crippen LogP contribution in [0.15, 0.2) is 0 Å². The fraction of sp³-hybridized carbons (Fsp3) is 0.950. The first-order valence-electron chi connectivity index (χ1n) is 9.58. The van der Waals surface area contributed by atoms with E-state index in [1.807, 2.05) is 0 Å². The number of hydrogen-bond donors (Lipinski definition) is 1. The molecule has 124 valence electrons. The van der Waals surface area contributed by atoms with E-state index in [4.69, 9.17) is 0 Å². The van der Waals surface area contributed by atoms with E-state index in [9.17, 15) is 9.90 Å². The lowest BCUT2D eigenvalue weighted by atomic mass is 9.43. The van der Waals surface area contributed by atoms with Crippen molar-refractivity contribution in [2.24, 2.45) is 40.4 Å². The van der Waals surface area contributed by atoms with Gasteiger partial charge in [0.15, 0.2) is 0 Å². The van der Waals surface area contributed by atoms with Crippen LogP contribution in [0.2, 0.25) is 0 Å². The summed E-state index contributed by atoms with van der Waals surface area (Å²) in [5.74, 6) is 4.08. The SMILES string of the molecule is C[C@H]1C[C@@H](O)C[C@@H]2CC[C@@H]3[C@H](CC[C@]4(C)C(=O)CC[C@@H]34)[C@]21C. The van der Waals surface area contributed by atoms with Crippen LogP contribution in [0.25, 0.3) is 0 Å². The van der Waals surface area contributed by atoms with Gasteiger partial charge in [0.25, 0.3) is 0 Å². The standard InChI is InChI=1S/C20H32O2/c1-12-10-14(21)11-13-4-5-15-16-6-7-18(22)19(16,2)9-8-17(15)20(12,13)3/h12-17,21H,4-11H2,1-3H3/t12-,13-,14+,15-,16-,17-,19-,20-/m0/s1. The van der Waals surface area contributed by atoms with Crippen molar-refractivity contribution in [2.45, 2.75) is 78.2 Å². The largest absolute Gasteiger partial charge is 0.393 e. The van der Waals surface area contributed by atoms with E-state index in [1.165, 1.54) is 19.3 Å². The number of hydrogen-bond acceptors (Lipinski definition) is 2. The van der Waals surface area contributed by atoms with Gasteiger partial charge in [-0.1, -0.05) is 20.8 Å². The zero-order chi connectivity index (χ0) is 15.7. The summed E-state index contributed by atoms with van der Waals surface area (Å²) >= 11 is 0. The van der Waals surface area contributed by atoms with Crippen LogP contribution in [0.5, 0.6) is 0 Å². The highest BCUT2D eigenvalue weighted by Crippen LogP contribution is 2.66. The predicted molar refractivity (Wildman–Crippen MR) is 87.3 cm³/mol. The minimum Gasteiger partial charge on any atom is -0.393 e. The van der Waals surface area contributed by atoms with Crippen LogP contribution in [0.3, 0.4) is 0 Å². The molecule has 0 aromatic carbocycles. The first kappa shape index (κ1) is 15.2. The van der Waals surface area contributed by atoms with Crippen LogP contribution in [0.1, 0.15) is 72.1 Å². The first-order valence-corrected chi connectivity index (χ1v) is 9.58. The molecule has 4 fully saturated rings. The summed E-state index contributed by atoms with van der Waals surface area (Å²) in [6, 6.07) is 0. The number of fused-ring (bicyclic) bond motifs is 5. The second kappa shape index (κ2) is 4.82. The van der Waals surface area contributed by atoms with E-state index in [0.717, 1.165) is 43.9 Å². The molecule has 0 radical (unpaired) electrons. The third kappa shape index (κ3) is 1.79. The Hall–Kier alpha value is -0.370. The highest BCUT2D eigenvalue weighted by molar-refractivity contribution is 5.87. The molecule has 0 unspecified atom stereocenters. The Kier molecular flexibility index (Phi) is 3.32. The topological polar surface area (TPSA) is 37.3 Å². The van der Waals surface area contributed by atoms with Crippen molar-refractivity contribution in [3.05, 3.63) is 0 Å². The molecular weight excluding hydrogens is 272 g/mol. The monoisotopic (exact) mass is 304 g/mol. The van der Waals surface area contributed by atoms with Gasteiger partial charge >= 0.3 is 0 Å². The molecule has 4 aliphatic carbocycles. The van der Waals surface area contributed by atoms with E-state index >= 15 is 0 Å². The van der Waals surface area contributed by atoms with Crippen LogP contribution >= 0.6 is 0 Å². The lowest BCUT2D eigenvalue weighted by molar-refractivity contribution is -0.155. The number of aliphatic hydroxyl groups excluding tert-OH is 1. The molecule has 0 aliphatic heterocycles. The van der Waals surface area contributed by atoms with Crippen LogP contribution in [0.4, 0.5) is 0 Å². The quantitative estimate of drug-likeness (QED) is 0.728. The molecule has 0 saturated heterocycles. The maximum Gasteiger partial charge on any atom is 0.139 e. The van der Waals surface area contributed by atoms with Crippen LogP contribution in [-0.2, 0) is 4.79 Å². The first-order chi connectivity index (χ1) is 10.4. The Morgan fingerprint density at radius 2 is 1.82 bits per heavy atom. The highest BCUT2D eigenvalue weighted by atomic mass is 16.3. The molecule has 4 rings (SSSR count). The van der Waals surface area contributed by atoms with Gasteiger partial charge in [-0.3, -0.25) is 4.79 Å². The van der Waals surface area contributed by atoms with Crippen LogP contribution in [0, 0.1) is 40.4 Å². The molecule has 0 amide bonds. The average Bonchev–Trinajstić information content (AvgIpc) is 2.77. The van der Waals surface area contributed by atoms with Crippen molar-refractivity contribution in [2.75, 3.05) is 0 Å². The summed E-state index contributed by atoms with van der Waals surface area (Å²) in [6.07, 6.45) is 8.85. The molecule has 0 aromatic heterocycles. The molecule has 0 spiro atoms. The summed E-state index contributed by atoms with van der Waals surface area (Å²) in [5.41, 5.74) is 0.400. The molecule has 0 heterocycles. The van der Waals surface area contributed by atoms with E-state index in [-0.39, 0.29) is 11.5 Å². The number of rotatable bonds is 0. The van der Waals surface area contributed by atoms with Gasteiger partial charge in [0, 0.05) is 11.8 Å². The second-order valence-corrected chi connectivity index (χ2v) is 9.46. The molecular formula is C20H32O2. The third-order valence-corrected chi connectivity index (χ3v) is 8.92. The number of ketones is 1. The van der Waals surface area contributed by atoms with Crippen LogP contribution in [-0.4, -0.2) is 17.0 Å². The summed E-state index contributed by atoms with van der Waals surface area (Å²) in [6.45, 7) is 7.18. The van der Waals surface area contributed by atoms with Gasteiger partial charge in [0.2, 0.25) is 0 Å². The summed E-state index contributed by atoms with van der Waals surface area (Å²) in [7, 11) is 0. The molecule has 22 heavy (non-hydrogen) atoms. The predicted octanol–water partition coefficient (Wildman–Crippen LogP) is 4.21. The maximum absolute atomic E-state index is 12.4. The summed E-state index contributed by atoms with van der Waals surface area (Å²) in [5, 5.41) is 10.2. The van der Waals surface area contributed by atoms with E-state index < -0.39 is 0 Å². The molecule has 8 atom stereocenters. The van der Waals surface area contributed by atoms with E-state index in [1.54, 1.807) is 0 Å². The minimum absolute atomic E-state index is 0.00177. The van der Waals surface area contributed by atoms with Crippen molar-refractivity contribution in [1.82, 2.24) is 0 Å². The number of carbonyl (C=O) groups excluding carboxylic acids is 1. The van der Waals surface area contributed by atoms with Crippen molar-refractivity contribution in [3.63, 3.8) is 0 Å². The number of Topliss-reactive ketones (excluding diaryl/α,β-unsaturated/α-hetero) is 1. The van der Waals surface area contributed by atoms with Gasteiger partial charge in [-0.15, -0.1) is 0 Å². The van der Waals surface area contributed by atoms with Gasteiger partial charge in [0.05, 0.1) is 6.10 Å². The molecule has 0 aromatic rings. The zero-order valence-corrected chi connectivity index (χ0v) is 14.5. The molecule has 1 N–H and O–H groups in total. The maximum atomic E-state index is 12.4. The smallest absolute Gasteiger partial charge is 0.139 e. The Morgan fingerprint density at radius 1 is 1.05 bits per heavy atom. The Bertz CT molecular complexity index is 486. The van der Waals surface area contributed by atoms with E-state index in [0.29, 0.717) is 29.0 Å². The Balaban J connectivity index is 1.67. The van der Waals surface area contributed by atoms with Crippen molar-refractivity contribution < 1.29 is 9.90 Å². The molecule has 4 aliphatic rings. The van der Waals surface area contributed by atoms with Crippen molar-refractivity contribution in [3.8, 4) is 0 Å². The van der Waals surface area contributed by atoms with Crippen LogP contribution < -0.4 is 0 Å². The summed E-state index contributed by atoms with van der Waals surface area (Å²) < 4.78 is 0. The van der Waals surface area contributed by atoms with Gasteiger partial charge < -0.3 is 5.11 Å². The molecule has 4 saturated carbocycles. The lowest BCUT2D eigenvalue weighted by Crippen LogP contribution is -2.56. The Labute approximate surface area is 135 Å². The highest BCUT2D eigenvalue weighted by Gasteiger charge is 2.61. The lowest BCUT2D eigenvalue weighted by Gasteiger charge is -2.62. The fourth-order valence-electron chi connectivity index (χ4n) is 7.47. The van der Waals surface area contributed by atoms with Crippen molar-refractivity contribution in [1.29, 1.82) is 0 Å². The van der Waals surface area contributed by atoms with Gasteiger partial charge in [-0.2, -0.15) is 0 Å². The fourth-order valence-corrected chi connectivity index (χ4v) is 7.47. The summed E-state index contributed by atoms with van der Waals surface area (Å²) in [4.78, 5) is 12.4. The van der Waals surface area contributed by atoms with E-state index in [2.05, 4.69) is 20.8 Å². The third-order valence-electron chi connectivity index (χ3n) is 8.92. The zero-order valence-electron chi connectivity index (χ0n) is 14.5. The van der Waals surface area contributed by atoms with Crippen molar-refractivity contribution >= 4 is 5.78 Å². The van der Waals surface area contributed by atoms with Gasteiger partial charge in [-0.05, 0) is 80.0 Å². The second-order valence-electron chi connectivity index (χ2n) is 9.46. The van der Waals surface area contributed by atoms with Gasteiger partial charge in [0.1, 0.15) is 5.78 Å². The molecule has 2 heteroatoms. The van der Waals surface area contributed by atoms with Gasteiger partial charge in [-0.25, -0.2) is 0 Å². The number of carbonyl (C=O) groups is 1. The average molecular weight is 304 g/mol. The molecule has 0 bridgehead atoms. The minimum atomic E-state index is -0.0773. The Morgan fingerprint density at radius 3 is 2.59 bits per heavy atom. The number of aliphatic hydroxyl groups is 1. The normalized spacial score (nSPS) is 57.9.